The fourth-order valence-electron chi connectivity index (χ4n) is 2.50. The van der Waals surface area contributed by atoms with Gasteiger partial charge >= 0.3 is 0 Å². The monoisotopic (exact) mass is 286 g/mol. The summed E-state index contributed by atoms with van der Waals surface area (Å²) in [5, 5.41) is 0.879. The Balaban J connectivity index is 1.99. The Morgan fingerprint density at radius 1 is 1.33 bits per heavy atom. The molecule has 0 aromatic heterocycles. The highest BCUT2D eigenvalue weighted by molar-refractivity contribution is 6.31. The molecule has 1 aliphatic rings. The van der Waals surface area contributed by atoms with Crippen molar-refractivity contribution in [1.82, 2.24) is 0 Å². The first kappa shape index (κ1) is 14.2. The Morgan fingerprint density at radius 3 is 2.78 bits per heavy atom. The maximum absolute atomic E-state index is 6.52. The second kappa shape index (κ2) is 6.27. The van der Waals surface area contributed by atoms with Crippen molar-refractivity contribution in [3.63, 3.8) is 0 Å². The number of ether oxygens (including phenoxy) is 1. The van der Waals surface area contributed by atoms with Crippen LogP contribution in [-0.2, 0) is 4.74 Å². The summed E-state index contributed by atoms with van der Waals surface area (Å²) in [4.78, 5) is 0. The summed E-state index contributed by atoms with van der Waals surface area (Å²) in [6.07, 6.45) is 4.81. The smallest absolute Gasteiger partial charge is 0.0588 e. The summed E-state index contributed by atoms with van der Waals surface area (Å²) in [6.45, 7) is 5.01. The zero-order valence-corrected chi connectivity index (χ0v) is 12.5. The van der Waals surface area contributed by atoms with Gasteiger partial charge in [-0.05, 0) is 62.3 Å². The third-order valence-corrected chi connectivity index (χ3v) is 4.51. The van der Waals surface area contributed by atoms with Crippen molar-refractivity contribution in [2.45, 2.75) is 51.0 Å². The Morgan fingerprint density at radius 2 is 2.11 bits per heavy atom. The lowest BCUT2D eigenvalue weighted by molar-refractivity contribution is 0.102. The molecule has 2 atom stereocenters. The summed E-state index contributed by atoms with van der Waals surface area (Å²) in [7, 11) is 0. The summed E-state index contributed by atoms with van der Waals surface area (Å²) in [5.41, 5.74) is 3.48. The molecule has 0 aliphatic carbocycles. The van der Waals surface area contributed by atoms with E-state index in [1.165, 1.54) is 24.0 Å². The summed E-state index contributed by atoms with van der Waals surface area (Å²) in [5.74, 6) is 0. The topological polar surface area (TPSA) is 9.23 Å². The molecule has 2 unspecified atom stereocenters. The molecule has 0 bridgehead atoms. The number of aryl methyl sites for hydroxylation is 2. The molecular formula is C15H20Cl2O. The predicted octanol–water partition coefficient (Wildman–Crippen LogP) is 5.20. The van der Waals surface area contributed by atoms with Crippen LogP contribution < -0.4 is 0 Å². The van der Waals surface area contributed by atoms with Gasteiger partial charge in [-0.25, -0.2) is 0 Å². The van der Waals surface area contributed by atoms with E-state index >= 15 is 0 Å². The normalized spacial score (nSPS) is 21.2. The van der Waals surface area contributed by atoms with Crippen LogP contribution in [0.2, 0.25) is 5.02 Å². The highest BCUT2D eigenvalue weighted by Gasteiger charge is 2.19. The number of halogens is 2. The van der Waals surface area contributed by atoms with Crippen molar-refractivity contribution in [3.8, 4) is 0 Å². The molecule has 0 radical (unpaired) electrons. The summed E-state index contributed by atoms with van der Waals surface area (Å²) in [6, 6.07) is 4.12. The van der Waals surface area contributed by atoms with Crippen molar-refractivity contribution in [2.24, 2.45) is 0 Å². The third-order valence-electron chi connectivity index (χ3n) is 3.65. The van der Waals surface area contributed by atoms with Crippen LogP contribution in [0.25, 0.3) is 0 Å². The molecule has 1 aliphatic heterocycles. The maximum atomic E-state index is 6.52. The van der Waals surface area contributed by atoms with Gasteiger partial charge in [-0.15, -0.1) is 11.6 Å². The third kappa shape index (κ3) is 3.40. The molecule has 1 aromatic rings. The van der Waals surface area contributed by atoms with E-state index in [0.717, 1.165) is 30.0 Å². The van der Waals surface area contributed by atoms with E-state index in [2.05, 4.69) is 13.0 Å². The molecular weight excluding hydrogens is 267 g/mol. The lowest BCUT2D eigenvalue weighted by Gasteiger charge is -2.16. The van der Waals surface area contributed by atoms with E-state index in [9.17, 15) is 0 Å². The van der Waals surface area contributed by atoms with E-state index < -0.39 is 0 Å². The van der Waals surface area contributed by atoms with Gasteiger partial charge < -0.3 is 4.74 Å². The molecule has 1 heterocycles. The SMILES string of the molecule is Cc1cc(C(Cl)CCC2CCCO2)c(C)cc1Cl. The van der Waals surface area contributed by atoms with Crippen molar-refractivity contribution < 1.29 is 4.74 Å². The lowest BCUT2D eigenvalue weighted by atomic mass is 9.98. The lowest BCUT2D eigenvalue weighted by Crippen LogP contribution is -2.06. The molecule has 1 fully saturated rings. The zero-order valence-electron chi connectivity index (χ0n) is 11.0. The van der Waals surface area contributed by atoms with E-state index in [4.69, 9.17) is 27.9 Å². The number of alkyl halides is 1. The molecule has 0 N–H and O–H groups in total. The number of hydrogen-bond donors (Lipinski definition) is 0. The standard InChI is InChI=1S/C15H20Cl2O/c1-10-9-15(17)11(2)8-13(10)14(16)6-5-12-4-3-7-18-12/h8-9,12,14H,3-7H2,1-2H3. The minimum atomic E-state index is 0.0603. The van der Waals surface area contributed by atoms with Crippen LogP contribution >= 0.6 is 23.2 Å². The highest BCUT2D eigenvalue weighted by atomic mass is 35.5. The van der Waals surface area contributed by atoms with Crippen molar-refractivity contribution in [1.29, 1.82) is 0 Å². The Labute approximate surface area is 119 Å². The fraction of sp³-hybridized carbons (Fsp3) is 0.600. The molecule has 0 amide bonds. The molecule has 18 heavy (non-hydrogen) atoms. The summed E-state index contributed by atoms with van der Waals surface area (Å²) < 4.78 is 5.63. The molecule has 0 spiro atoms. The van der Waals surface area contributed by atoms with E-state index in [0.29, 0.717) is 6.10 Å². The van der Waals surface area contributed by atoms with Crippen LogP contribution in [0.3, 0.4) is 0 Å². The molecule has 2 rings (SSSR count). The summed E-state index contributed by atoms with van der Waals surface area (Å²) >= 11 is 12.6. The van der Waals surface area contributed by atoms with Crippen LogP contribution in [0.4, 0.5) is 0 Å². The largest absolute Gasteiger partial charge is 0.378 e. The van der Waals surface area contributed by atoms with Gasteiger partial charge in [0.25, 0.3) is 0 Å². The van der Waals surface area contributed by atoms with Gasteiger partial charge in [-0.1, -0.05) is 17.7 Å². The van der Waals surface area contributed by atoms with E-state index in [1.54, 1.807) is 0 Å². The highest BCUT2D eigenvalue weighted by Crippen LogP contribution is 2.33. The van der Waals surface area contributed by atoms with Crippen molar-refractivity contribution >= 4 is 23.2 Å². The van der Waals surface area contributed by atoms with Gasteiger partial charge in [0.1, 0.15) is 0 Å². The first-order valence-corrected chi connectivity index (χ1v) is 7.41. The minimum absolute atomic E-state index is 0.0603. The molecule has 1 saturated heterocycles. The maximum Gasteiger partial charge on any atom is 0.0588 e. The first-order chi connectivity index (χ1) is 8.58. The van der Waals surface area contributed by atoms with Crippen LogP contribution in [0, 0.1) is 13.8 Å². The Hall–Kier alpha value is -0.240. The molecule has 3 heteroatoms. The molecule has 0 saturated carbocycles. The fourth-order valence-corrected chi connectivity index (χ4v) is 3.08. The first-order valence-electron chi connectivity index (χ1n) is 6.60. The van der Waals surface area contributed by atoms with Crippen LogP contribution in [-0.4, -0.2) is 12.7 Å². The zero-order chi connectivity index (χ0) is 13.1. The molecule has 100 valence electrons. The minimum Gasteiger partial charge on any atom is -0.378 e. The molecule has 1 nitrogen and oxygen atoms in total. The average Bonchev–Trinajstić information content (AvgIpc) is 2.84. The Bertz CT molecular complexity index is 411. The number of benzene rings is 1. The van der Waals surface area contributed by atoms with Crippen LogP contribution in [0.15, 0.2) is 12.1 Å². The van der Waals surface area contributed by atoms with Gasteiger partial charge in [0.2, 0.25) is 0 Å². The van der Waals surface area contributed by atoms with Crippen molar-refractivity contribution in [3.05, 3.63) is 33.8 Å². The van der Waals surface area contributed by atoms with Gasteiger partial charge in [-0.3, -0.25) is 0 Å². The Kier molecular flexibility index (Phi) is 4.94. The van der Waals surface area contributed by atoms with Crippen LogP contribution in [0.1, 0.15) is 47.8 Å². The van der Waals surface area contributed by atoms with Crippen molar-refractivity contribution in [2.75, 3.05) is 6.61 Å². The second-order valence-electron chi connectivity index (χ2n) is 5.14. The number of rotatable bonds is 4. The molecule has 1 aromatic carbocycles. The van der Waals surface area contributed by atoms with Gasteiger partial charge in [0.05, 0.1) is 11.5 Å². The van der Waals surface area contributed by atoms with Gasteiger partial charge in [0, 0.05) is 11.6 Å². The average molecular weight is 287 g/mol. The van der Waals surface area contributed by atoms with E-state index in [1.807, 2.05) is 13.0 Å². The number of hydrogen-bond acceptors (Lipinski definition) is 1. The van der Waals surface area contributed by atoms with Gasteiger partial charge in [0.15, 0.2) is 0 Å². The second-order valence-corrected chi connectivity index (χ2v) is 6.07. The van der Waals surface area contributed by atoms with Gasteiger partial charge in [-0.2, -0.15) is 0 Å². The quantitative estimate of drug-likeness (QED) is 0.692. The van der Waals surface area contributed by atoms with Crippen LogP contribution in [0.5, 0.6) is 0 Å². The van der Waals surface area contributed by atoms with E-state index in [-0.39, 0.29) is 5.38 Å². The predicted molar refractivity (Wildman–Crippen MR) is 77.7 cm³/mol.